The van der Waals surface area contributed by atoms with Gasteiger partial charge in [-0.05, 0) is 42.9 Å². The number of aliphatic hydroxyl groups excluding tert-OH is 1. The van der Waals surface area contributed by atoms with Crippen LogP contribution < -0.4 is 5.32 Å². The molecule has 21 heavy (non-hydrogen) atoms. The van der Waals surface area contributed by atoms with Crippen molar-refractivity contribution in [3.8, 4) is 0 Å². The molecule has 0 aliphatic rings. The lowest BCUT2D eigenvalue weighted by molar-refractivity contribution is -0.137. The van der Waals surface area contributed by atoms with Crippen LogP contribution >= 0.6 is 0 Å². The van der Waals surface area contributed by atoms with Gasteiger partial charge in [-0.2, -0.15) is 13.2 Å². The van der Waals surface area contributed by atoms with Gasteiger partial charge in [-0.1, -0.05) is 26.0 Å². The predicted molar refractivity (Wildman–Crippen MR) is 78.0 cm³/mol. The summed E-state index contributed by atoms with van der Waals surface area (Å²) in [7, 11) is 0. The average molecular weight is 303 g/mol. The highest BCUT2D eigenvalue weighted by atomic mass is 19.4. The number of halogens is 3. The third-order valence-electron chi connectivity index (χ3n) is 3.61. The van der Waals surface area contributed by atoms with E-state index in [-0.39, 0.29) is 18.1 Å². The first-order chi connectivity index (χ1) is 9.65. The smallest absolute Gasteiger partial charge is 0.396 e. The number of hydrogen-bond acceptors (Lipinski definition) is 2. The van der Waals surface area contributed by atoms with E-state index >= 15 is 0 Å². The van der Waals surface area contributed by atoms with Gasteiger partial charge in [0, 0.05) is 19.2 Å². The fourth-order valence-electron chi connectivity index (χ4n) is 2.18. The summed E-state index contributed by atoms with van der Waals surface area (Å²) in [6.07, 6.45) is -2.71. The lowest BCUT2D eigenvalue weighted by Crippen LogP contribution is -2.31. The van der Waals surface area contributed by atoms with Crippen LogP contribution in [0.4, 0.5) is 13.2 Å². The monoisotopic (exact) mass is 303 g/mol. The first-order valence-corrected chi connectivity index (χ1v) is 7.17. The highest BCUT2D eigenvalue weighted by molar-refractivity contribution is 5.27. The summed E-state index contributed by atoms with van der Waals surface area (Å²) in [5.74, 6) is 0. The van der Waals surface area contributed by atoms with Crippen molar-refractivity contribution in [2.75, 3.05) is 13.2 Å². The van der Waals surface area contributed by atoms with Gasteiger partial charge in [-0.25, -0.2) is 0 Å². The van der Waals surface area contributed by atoms with Crippen molar-refractivity contribution in [2.24, 2.45) is 5.41 Å². The van der Waals surface area contributed by atoms with Gasteiger partial charge in [0.1, 0.15) is 0 Å². The summed E-state index contributed by atoms with van der Waals surface area (Å²) in [5, 5.41) is 12.1. The molecule has 2 nitrogen and oxygen atoms in total. The summed E-state index contributed by atoms with van der Waals surface area (Å²) in [5.41, 5.74) is 0.00880. The van der Waals surface area contributed by atoms with E-state index in [4.69, 9.17) is 5.11 Å². The Morgan fingerprint density at radius 2 is 1.90 bits per heavy atom. The maximum absolute atomic E-state index is 12.7. The molecule has 1 unspecified atom stereocenters. The van der Waals surface area contributed by atoms with Crippen LogP contribution in [0.25, 0.3) is 0 Å². The second kappa shape index (κ2) is 7.27. The van der Waals surface area contributed by atoms with Gasteiger partial charge in [0.15, 0.2) is 0 Å². The molecule has 1 aromatic rings. The summed E-state index contributed by atoms with van der Waals surface area (Å²) < 4.78 is 38.1. The second-order valence-corrected chi connectivity index (χ2v) is 6.22. The fourth-order valence-corrected chi connectivity index (χ4v) is 2.18. The molecule has 0 radical (unpaired) electrons. The van der Waals surface area contributed by atoms with Gasteiger partial charge < -0.3 is 10.4 Å². The number of aliphatic hydroxyl groups is 1. The Labute approximate surface area is 124 Å². The Bertz CT molecular complexity index is 443. The first kappa shape index (κ1) is 18.0. The largest absolute Gasteiger partial charge is 0.416 e. The molecule has 0 heterocycles. The molecule has 1 rings (SSSR count). The zero-order valence-corrected chi connectivity index (χ0v) is 12.8. The molecule has 5 heteroatoms. The van der Waals surface area contributed by atoms with Crippen LogP contribution in [0, 0.1) is 5.41 Å². The van der Waals surface area contributed by atoms with Gasteiger partial charge in [0.05, 0.1) is 5.56 Å². The van der Waals surface area contributed by atoms with E-state index in [1.807, 2.05) is 6.92 Å². The molecule has 120 valence electrons. The highest BCUT2D eigenvalue weighted by Crippen LogP contribution is 2.31. The predicted octanol–water partition coefficient (Wildman–Crippen LogP) is 4.15. The minimum Gasteiger partial charge on any atom is -0.396 e. The number of alkyl halides is 3. The molecule has 0 aromatic heterocycles. The van der Waals surface area contributed by atoms with Crippen molar-refractivity contribution in [2.45, 2.75) is 45.8 Å². The third kappa shape index (κ3) is 6.06. The Hall–Kier alpha value is -1.07. The molecule has 0 amide bonds. The molecule has 0 aliphatic carbocycles. The number of nitrogens with one attached hydrogen (secondary N) is 1. The van der Waals surface area contributed by atoms with E-state index in [2.05, 4.69) is 19.2 Å². The average Bonchev–Trinajstić information content (AvgIpc) is 2.42. The van der Waals surface area contributed by atoms with E-state index in [0.29, 0.717) is 12.1 Å². The molecule has 0 spiro atoms. The third-order valence-corrected chi connectivity index (χ3v) is 3.61. The van der Waals surface area contributed by atoms with E-state index in [1.165, 1.54) is 12.1 Å². The van der Waals surface area contributed by atoms with Crippen molar-refractivity contribution in [1.29, 1.82) is 0 Å². The summed E-state index contributed by atoms with van der Waals surface area (Å²) in [6.45, 7) is 6.86. The van der Waals surface area contributed by atoms with Gasteiger partial charge in [0.25, 0.3) is 0 Å². The first-order valence-electron chi connectivity index (χ1n) is 7.17. The number of benzene rings is 1. The molecule has 0 bridgehead atoms. The van der Waals surface area contributed by atoms with Crippen LogP contribution in [0.3, 0.4) is 0 Å². The number of rotatable bonds is 7. The van der Waals surface area contributed by atoms with Crippen molar-refractivity contribution in [1.82, 2.24) is 5.32 Å². The van der Waals surface area contributed by atoms with Crippen molar-refractivity contribution in [3.63, 3.8) is 0 Å². The van der Waals surface area contributed by atoms with Crippen molar-refractivity contribution >= 4 is 0 Å². The summed E-state index contributed by atoms with van der Waals surface area (Å²) in [4.78, 5) is 0. The fraction of sp³-hybridized carbons (Fsp3) is 0.625. The maximum Gasteiger partial charge on any atom is 0.416 e. The molecular formula is C16H24F3NO. The zero-order chi connectivity index (χ0) is 16.1. The van der Waals surface area contributed by atoms with Crippen LogP contribution in [-0.4, -0.2) is 18.3 Å². The normalized spacial score (nSPS) is 14.2. The zero-order valence-electron chi connectivity index (χ0n) is 12.8. The molecule has 1 atom stereocenters. The molecule has 0 saturated carbocycles. The molecule has 0 saturated heterocycles. The van der Waals surface area contributed by atoms with Crippen LogP contribution in [0.2, 0.25) is 0 Å². The quantitative estimate of drug-likeness (QED) is 0.793. The van der Waals surface area contributed by atoms with Crippen molar-refractivity contribution < 1.29 is 18.3 Å². The van der Waals surface area contributed by atoms with E-state index in [1.54, 1.807) is 6.07 Å². The lowest BCUT2D eigenvalue weighted by atomic mass is 9.87. The second-order valence-electron chi connectivity index (χ2n) is 6.22. The Morgan fingerprint density at radius 3 is 2.48 bits per heavy atom. The van der Waals surface area contributed by atoms with Crippen LogP contribution in [-0.2, 0) is 6.18 Å². The van der Waals surface area contributed by atoms with Gasteiger partial charge in [-0.3, -0.25) is 0 Å². The van der Waals surface area contributed by atoms with Crippen LogP contribution in [0.5, 0.6) is 0 Å². The van der Waals surface area contributed by atoms with E-state index in [0.717, 1.165) is 18.9 Å². The topological polar surface area (TPSA) is 32.3 Å². The minimum absolute atomic E-state index is 0.00136. The molecular weight excluding hydrogens is 279 g/mol. The molecule has 0 aliphatic heterocycles. The number of hydrogen-bond donors (Lipinski definition) is 2. The van der Waals surface area contributed by atoms with Crippen LogP contribution in [0.15, 0.2) is 24.3 Å². The van der Waals surface area contributed by atoms with Gasteiger partial charge in [0.2, 0.25) is 0 Å². The van der Waals surface area contributed by atoms with Crippen LogP contribution in [0.1, 0.15) is 50.8 Å². The maximum atomic E-state index is 12.7. The lowest BCUT2D eigenvalue weighted by Gasteiger charge is -2.27. The standard InChI is InChI=1S/C16H24F3NO/c1-12(20-11-15(2,3)8-5-9-21)13-6-4-7-14(10-13)16(17,18)19/h4,6-7,10,12,20-21H,5,8-9,11H2,1-3H3. The van der Waals surface area contributed by atoms with Gasteiger partial charge >= 0.3 is 6.18 Å². The minimum atomic E-state index is -4.31. The Balaban J connectivity index is 2.66. The van der Waals surface area contributed by atoms with Crippen molar-refractivity contribution in [3.05, 3.63) is 35.4 Å². The summed E-state index contributed by atoms with van der Waals surface area (Å²) in [6, 6.07) is 5.27. The summed E-state index contributed by atoms with van der Waals surface area (Å²) >= 11 is 0. The highest BCUT2D eigenvalue weighted by Gasteiger charge is 2.30. The van der Waals surface area contributed by atoms with E-state index in [9.17, 15) is 13.2 Å². The molecule has 2 N–H and O–H groups in total. The Kier molecular flexibility index (Phi) is 6.23. The van der Waals surface area contributed by atoms with E-state index < -0.39 is 11.7 Å². The molecule has 0 fully saturated rings. The Morgan fingerprint density at radius 1 is 1.24 bits per heavy atom. The molecule has 1 aromatic carbocycles. The SMILES string of the molecule is CC(NCC(C)(C)CCCO)c1cccc(C(F)(F)F)c1. The van der Waals surface area contributed by atoms with Gasteiger partial charge in [-0.15, -0.1) is 0 Å².